The van der Waals surface area contributed by atoms with Crippen LogP contribution in [-0.4, -0.2) is 121 Å². The second kappa shape index (κ2) is 13.1. The number of rotatable bonds is 15. The van der Waals surface area contributed by atoms with E-state index in [9.17, 15) is 49.2 Å². The van der Waals surface area contributed by atoms with Gasteiger partial charge in [0.2, 0.25) is 11.4 Å². The summed E-state index contributed by atoms with van der Waals surface area (Å²) in [5, 5.41) is 43.5. The third-order valence-corrected chi connectivity index (χ3v) is 7.63. The highest BCUT2D eigenvalue weighted by Gasteiger charge is 2.67. The molecule has 0 rings (SSSR count). The summed E-state index contributed by atoms with van der Waals surface area (Å²) in [5.74, 6) is -9.88. The number of ketones is 3. The van der Waals surface area contributed by atoms with Gasteiger partial charge in [-0.1, -0.05) is 34.1 Å². The minimum atomic E-state index is -3.23. The molecule has 0 aromatic heterocycles. The SMILES string of the molecule is CC[C@@H](C)[C@](C(=O)[C@](C)(O)C(=O)O)(C(=O)[C@@](C)(C(=O)[C@@H](NC)C(C)C)N(C)C(=O)[C@@H](C)O)N(C)C(=O)[C@@H](C)O. The zero-order chi connectivity index (χ0) is 31.4. The van der Waals surface area contributed by atoms with Gasteiger partial charge in [-0.2, -0.15) is 0 Å². The van der Waals surface area contributed by atoms with Crippen molar-refractivity contribution in [3.63, 3.8) is 0 Å². The summed E-state index contributed by atoms with van der Waals surface area (Å²) in [4.78, 5) is 82.5. The average molecular weight is 560 g/mol. The molecule has 5 N–H and O–H groups in total. The molecule has 0 aliphatic carbocycles. The molecular weight excluding hydrogens is 514 g/mol. The molecule has 0 saturated heterocycles. The fourth-order valence-electron chi connectivity index (χ4n) is 4.77. The average Bonchev–Trinajstić information content (AvgIpc) is 2.86. The molecule has 0 heterocycles. The van der Waals surface area contributed by atoms with E-state index in [0.29, 0.717) is 16.7 Å². The number of amides is 2. The number of carboxylic acid groups (broad SMARTS) is 1. The molecule has 0 aliphatic heterocycles. The van der Waals surface area contributed by atoms with E-state index in [0.717, 1.165) is 34.9 Å². The highest BCUT2D eigenvalue weighted by molar-refractivity contribution is 6.30. The third-order valence-electron chi connectivity index (χ3n) is 7.63. The summed E-state index contributed by atoms with van der Waals surface area (Å²) in [5.41, 5.74) is -8.67. The first-order chi connectivity index (χ1) is 17.6. The Morgan fingerprint density at radius 1 is 0.821 bits per heavy atom. The number of hydrogen-bond donors (Lipinski definition) is 5. The fraction of sp³-hybridized carbons (Fsp3) is 0.769. The molecule has 0 aromatic rings. The van der Waals surface area contributed by atoms with Crippen molar-refractivity contribution in [2.75, 3.05) is 21.1 Å². The summed E-state index contributed by atoms with van der Waals surface area (Å²) in [6.45, 7) is 10.1. The number of carboxylic acids is 1. The lowest BCUT2D eigenvalue weighted by atomic mass is 9.63. The first-order valence-corrected chi connectivity index (χ1v) is 12.8. The van der Waals surface area contributed by atoms with Gasteiger partial charge in [0.1, 0.15) is 12.2 Å². The van der Waals surface area contributed by atoms with E-state index in [1.807, 2.05) is 0 Å². The maximum absolute atomic E-state index is 14.9. The van der Waals surface area contributed by atoms with Crippen LogP contribution < -0.4 is 5.32 Å². The van der Waals surface area contributed by atoms with E-state index in [2.05, 4.69) is 5.32 Å². The van der Waals surface area contributed by atoms with Gasteiger partial charge in [0.25, 0.3) is 11.8 Å². The zero-order valence-electron chi connectivity index (χ0n) is 24.7. The topological polar surface area (TPSA) is 202 Å². The van der Waals surface area contributed by atoms with Crippen LogP contribution in [0.4, 0.5) is 0 Å². The van der Waals surface area contributed by atoms with Crippen LogP contribution in [0.1, 0.15) is 61.8 Å². The number of hydrogen-bond acceptors (Lipinski definition) is 10. The highest BCUT2D eigenvalue weighted by atomic mass is 16.4. The summed E-state index contributed by atoms with van der Waals surface area (Å²) >= 11 is 0. The molecule has 224 valence electrons. The Morgan fingerprint density at radius 2 is 1.23 bits per heavy atom. The van der Waals surface area contributed by atoms with E-state index in [-0.39, 0.29) is 6.42 Å². The quantitative estimate of drug-likeness (QED) is 0.154. The van der Waals surface area contributed by atoms with Crippen molar-refractivity contribution >= 4 is 35.1 Å². The Hall–Kier alpha value is -2.74. The van der Waals surface area contributed by atoms with Gasteiger partial charge in [0.05, 0.1) is 6.04 Å². The van der Waals surface area contributed by atoms with Gasteiger partial charge in [-0.05, 0) is 46.6 Å². The minimum absolute atomic E-state index is 0.0391. The van der Waals surface area contributed by atoms with E-state index in [1.54, 1.807) is 13.8 Å². The number of aliphatic hydroxyl groups is 3. The van der Waals surface area contributed by atoms with Crippen molar-refractivity contribution < 1.29 is 49.2 Å². The lowest BCUT2D eigenvalue weighted by Crippen LogP contribution is -2.78. The Balaban J connectivity index is 8.16. The van der Waals surface area contributed by atoms with Crippen molar-refractivity contribution in [3.05, 3.63) is 0 Å². The lowest BCUT2D eigenvalue weighted by molar-refractivity contribution is -0.180. The van der Waals surface area contributed by atoms with Crippen molar-refractivity contribution in [1.29, 1.82) is 0 Å². The zero-order valence-corrected chi connectivity index (χ0v) is 24.7. The van der Waals surface area contributed by atoms with Crippen LogP contribution >= 0.6 is 0 Å². The van der Waals surface area contributed by atoms with E-state index in [4.69, 9.17) is 0 Å². The first kappa shape index (κ1) is 36.3. The van der Waals surface area contributed by atoms with Crippen LogP contribution in [0.15, 0.2) is 0 Å². The number of nitrogens with one attached hydrogen (secondary N) is 1. The highest BCUT2D eigenvalue weighted by Crippen LogP contribution is 2.39. The fourth-order valence-corrected chi connectivity index (χ4v) is 4.77. The van der Waals surface area contributed by atoms with Crippen LogP contribution in [0.5, 0.6) is 0 Å². The largest absolute Gasteiger partial charge is 0.479 e. The number of aliphatic carboxylic acids is 1. The molecule has 0 aliphatic rings. The second-order valence-corrected chi connectivity index (χ2v) is 10.7. The second-order valence-electron chi connectivity index (χ2n) is 10.7. The van der Waals surface area contributed by atoms with Crippen LogP contribution in [0.25, 0.3) is 0 Å². The molecule has 7 atom stereocenters. The molecule has 0 fully saturated rings. The Bertz CT molecular complexity index is 977. The molecule has 0 saturated carbocycles. The number of carbonyl (C=O) groups is 6. The minimum Gasteiger partial charge on any atom is -0.479 e. The molecular formula is C26H45N3O10. The molecule has 39 heavy (non-hydrogen) atoms. The van der Waals surface area contributed by atoms with Gasteiger partial charge >= 0.3 is 5.97 Å². The number of nitrogens with zero attached hydrogens (tertiary/aromatic N) is 2. The molecule has 0 spiro atoms. The van der Waals surface area contributed by atoms with E-state index >= 15 is 0 Å². The summed E-state index contributed by atoms with van der Waals surface area (Å²) in [7, 11) is 3.49. The summed E-state index contributed by atoms with van der Waals surface area (Å²) < 4.78 is 0. The predicted molar refractivity (Wildman–Crippen MR) is 140 cm³/mol. The normalized spacial score (nSPS) is 19.4. The van der Waals surface area contributed by atoms with E-state index < -0.39 is 81.9 Å². The Labute approximate surface area is 229 Å². The van der Waals surface area contributed by atoms with Crippen molar-refractivity contribution in [2.45, 2.75) is 96.7 Å². The number of aliphatic hydroxyl groups excluding tert-OH is 2. The third kappa shape index (κ3) is 6.21. The van der Waals surface area contributed by atoms with Crippen LogP contribution in [0.2, 0.25) is 0 Å². The predicted octanol–water partition coefficient (Wildman–Crippen LogP) is -1.00. The standard InChI is InChI=1S/C26H45N3O10/c1-12-14(4)26(29(11)20(34)16(6)31,22(36)25(8,39)23(37)38)21(35)24(7,28(10)19(33)15(5)30)18(32)17(27-9)13(2)3/h13-17,27,30-31,39H,12H2,1-11H3,(H,37,38)/t14-,15-,16-,17+,24-,25+,26-/m1/s1. The van der Waals surface area contributed by atoms with Gasteiger partial charge in [0, 0.05) is 14.1 Å². The molecule has 0 radical (unpaired) electrons. The van der Waals surface area contributed by atoms with E-state index in [1.165, 1.54) is 20.9 Å². The van der Waals surface area contributed by atoms with Gasteiger partial charge in [-0.3, -0.25) is 24.0 Å². The molecule has 0 unspecified atom stereocenters. The monoisotopic (exact) mass is 559 g/mol. The van der Waals surface area contributed by atoms with Crippen molar-refractivity contribution in [1.82, 2.24) is 15.1 Å². The van der Waals surface area contributed by atoms with Crippen molar-refractivity contribution in [2.24, 2.45) is 11.8 Å². The number of Topliss-reactive ketones (excluding diaryl/α,β-unsaturated/α-hetero) is 3. The van der Waals surface area contributed by atoms with Crippen LogP contribution in [0, 0.1) is 11.8 Å². The Morgan fingerprint density at radius 3 is 1.54 bits per heavy atom. The molecule has 2 amide bonds. The van der Waals surface area contributed by atoms with Gasteiger partial charge in [0.15, 0.2) is 22.6 Å². The van der Waals surface area contributed by atoms with Gasteiger partial charge in [-0.25, -0.2) is 4.79 Å². The van der Waals surface area contributed by atoms with Crippen LogP contribution in [0.3, 0.4) is 0 Å². The Kier molecular flexibility index (Phi) is 12.2. The number of carbonyl (C=O) groups excluding carboxylic acids is 5. The van der Waals surface area contributed by atoms with Gasteiger partial charge < -0.3 is 35.5 Å². The smallest absolute Gasteiger partial charge is 0.343 e. The maximum atomic E-state index is 14.9. The molecule has 13 heteroatoms. The lowest BCUT2D eigenvalue weighted by Gasteiger charge is -2.51. The molecule has 0 aromatic carbocycles. The first-order valence-electron chi connectivity index (χ1n) is 12.8. The molecule has 13 nitrogen and oxygen atoms in total. The van der Waals surface area contributed by atoms with Crippen molar-refractivity contribution in [3.8, 4) is 0 Å². The van der Waals surface area contributed by atoms with Crippen LogP contribution in [-0.2, 0) is 28.8 Å². The molecule has 0 bridgehead atoms. The summed E-state index contributed by atoms with van der Waals surface area (Å²) in [6, 6.07) is -1.08. The summed E-state index contributed by atoms with van der Waals surface area (Å²) in [6.07, 6.45) is -3.49. The number of likely N-dealkylation sites (N-methyl/N-ethyl adjacent to an activating group) is 3. The maximum Gasteiger partial charge on any atom is 0.343 e. The van der Waals surface area contributed by atoms with Gasteiger partial charge in [-0.15, -0.1) is 0 Å².